The summed E-state index contributed by atoms with van der Waals surface area (Å²) in [6, 6.07) is 14.6. The summed E-state index contributed by atoms with van der Waals surface area (Å²) in [7, 11) is 1.68. The first-order valence-electron chi connectivity index (χ1n) is 15.1. The largest absolute Gasteiger partial charge is 0.494 e. The predicted octanol–water partition coefficient (Wildman–Crippen LogP) is 7.24. The summed E-state index contributed by atoms with van der Waals surface area (Å²) in [5, 5.41) is 0.551. The topological polar surface area (TPSA) is 73.7 Å². The lowest BCUT2D eigenvalue weighted by Gasteiger charge is -2.32. The van der Waals surface area contributed by atoms with Crippen LogP contribution >= 0.6 is 0 Å². The monoisotopic (exact) mass is 549 g/mol. The zero-order valence-electron chi connectivity index (χ0n) is 24.9. The Morgan fingerprint density at radius 1 is 0.925 bits per heavy atom. The molecule has 218 valence electrons. The molecule has 0 aliphatic heterocycles. The first kappa shape index (κ1) is 31.3. The molecule has 0 spiro atoms. The van der Waals surface area contributed by atoms with Crippen LogP contribution in [-0.4, -0.2) is 47.2 Å². The van der Waals surface area contributed by atoms with E-state index in [4.69, 9.17) is 14.5 Å². The van der Waals surface area contributed by atoms with Gasteiger partial charge in [-0.15, -0.1) is 0 Å². The predicted molar refractivity (Wildman–Crippen MR) is 162 cm³/mol. The van der Waals surface area contributed by atoms with Gasteiger partial charge in [0.15, 0.2) is 0 Å². The normalized spacial score (nSPS) is 12.0. The number of benzene rings is 2. The van der Waals surface area contributed by atoms with Gasteiger partial charge in [-0.3, -0.25) is 14.2 Å². The van der Waals surface area contributed by atoms with E-state index in [1.165, 1.54) is 25.7 Å². The average Bonchev–Trinajstić information content (AvgIpc) is 2.97. The second-order valence-electron chi connectivity index (χ2n) is 10.3. The van der Waals surface area contributed by atoms with Gasteiger partial charge in [0.05, 0.1) is 29.2 Å². The van der Waals surface area contributed by atoms with Gasteiger partial charge in [-0.05, 0) is 62.6 Å². The van der Waals surface area contributed by atoms with Crippen LogP contribution in [0, 0.1) is 0 Å². The Hall–Kier alpha value is -3.19. The Labute approximate surface area is 239 Å². The molecule has 0 aliphatic carbocycles. The number of methoxy groups -OCH3 is 1. The minimum Gasteiger partial charge on any atom is -0.494 e. The number of rotatable bonds is 18. The van der Waals surface area contributed by atoms with Crippen LogP contribution < -0.4 is 10.3 Å². The number of carbonyl (C=O) groups is 1. The SMILES string of the molecule is CCCCCCCCCC(=O)N(CCCOC)C(CC)c1nc2ccccc2c(=O)n1-c1ccc(OCC)cc1. The molecule has 1 unspecified atom stereocenters. The van der Waals surface area contributed by atoms with E-state index in [2.05, 4.69) is 13.8 Å². The number of nitrogens with zero attached hydrogens (tertiary/aromatic N) is 3. The summed E-state index contributed by atoms with van der Waals surface area (Å²) in [5.41, 5.74) is 1.20. The first-order chi connectivity index (χ1) is 19.5. The number of unbranched alkanes of at least 4 members (excludes halogenated alkanes) is 6. The summed E-state index contributed by atoms with van der Waals surface area (Å²) < 4.78 is 12.6. The highest BCUT2D eigenvalue weighted by Gasteiger charge is 2.28. The summed E-state index contributed by atoms with van der Waals surface area (Å²) in [4.78, 5) is 34.6. The molecular formula is C33H47N3O4. The van der Waals surface area contributed by atoms with Crippen LogP contribution in [0.4, 0.5) is 0 Å². The molecule has 7 nitrogen and oxygen atoms in total. The number of aromatic nitrogens is 2. The second kappa shape index (κ2) is 16.8. The molecule has 3 rings (SSSR count). The number of carbonyl (C=O) groups excluding carboxylic acids is 1. The smallest absolute Gasteiger partial charge is 0.266 e. The van der Waals surface area contributed by atoms with Gasteiger partial charge in [0.25, 0.3) is 5.56 Å². The molecule has 0 saturated carbocycles. The molecule has 0 radical (unpaired) electrons. The maximum Gasteiger partial charge on any atom is 0.266 e. The fraction of sp³-hybridized carbons (Fsp3) is 0.545. The van der Waals surface area contributed by atoms with Crippen molar-refractivity contribution in [2.24, 2.45) is 0 Å². The minimum absolute atomic E-state index is 0.108. The number of fused-ring (bicyclic) bond motifs is 1. The van der Waals surface area contributed by atoms with Crippen LogP contribution in [0.1, 0.15) is 96.8 Å². The lowest BCUT2D eigenvalue weighted by Crippen LogP contribution is -2.39. The van der Waals surface area contributed by atoms with Crippen molar-refractivity contribution in [2.75, 3.05) is 26.9 Å². The van der Waals surface area contributed by atoms with Gasteiger partial charge < -0.3 is 14.4 Å². The standard InChI is InChI=1S/C33H47N3O4/c1-5-8-9-10-11-12-13-19-31(37)35(24-16-25-39-4)30(6-2)32-34-29-18-15-14-17-28(29)33(38)36(32)26-20-22-27(23-21-26)40-7-3/h14-15,17-18,20-23,30H,5-13,16,19,24-25H2,1-4H3. The zero-order chi connectivity index (χ0) is 28.7. The lowest BCUT2D eigenvalue weighted by molar-refractivity contribution is -0.134. The molecule has 0 saturated heterocycles. The van der Waals surface area contributed by atoms with Crippen LogP contribution in [-0.2, 0) is 9.53 Å². The van der Waals surface area contributed by atoms with Crippen molar-refractivity contribution in [3.63, 3.8) is 0 Å². The highest BCUT2D eigenvalue weighted by molar-refractivity contribution is 5.79. The van der Waals surface area contributed by atoms with Crippen LogP contribution in [0.2, 0.25) is 0 Å². The van der Waals surface area contributed by atoms with E-state index < -0.39 is 0 Å². The van der Waals surface area contributed by atoms with Gasteiger partial charge in [-0.1, -0.05) is 64.5 Å². The van der Waals surface area contributed by atoms with Gasteiger partial charge >= 0.3 is 0 Å². The fourth-order valence-corrected chi connectivity index (χ4v) is 5.23. The van der Waals surface area contributed by atoms with Gasteiger partial charge in [0.2, 0.25) is 5.91 Å². The second-order valence-corrected chi connectivity index (χ2v) is 10.3. The van der Waals surface area contributed by atoms with E-state index in [1.807, 2.05) is 60.4 Å². The summed E-state index contributed by atoms with van der Waals surface area (Å²) in [6.45, 7) is 7.90. The Morgan fingerprint density at radius 2 is 1.62 bits per heavy atom. The summed E-state index contributed by atoms with van der Waals surface area (Å²) in [5.74, 6) is 1.44. The molecule has 0 aliphatic rings. The molecule has 1 amide bonds. The van der Waals surface area contributed by atoms with Crippen molar-refractivity contribution in [1.29, 1.82) is 0 Å². The van der Waals surface area contributed by atoms with E-state index >= 15 is 0 Å². The van der Waals surface area contributed by atoms with E-state index in [0.717, 1.165) is 31.4 Å². The lowest BCUT2D eigenvalue weighted by atomic mass is 10.1. The van der Waals surface area contributed by atoms with Crippen LogP contribution in [0.25, 0.3) is 16.6 Å². The van der Waals surface area contributed by atoms with Crippen LogP contribution in [0.3, 0.4) is 0 Å². The molecular weight excluding hydrogens is 502 g/mol. The van der Waals surface area contributed by atoms with Gasteiger partial charge in [0.1, 0.15) is 11.6 Å². The quantitative estimate of drug-likeness (QED) is 0.156. The average molecular weight is 550 g/mol. The summed E-state index contributed by atoms with van der Waals surface area (Å²) >= 11 is 0. The van der Waals surface area contributed by atoms with Gasteiger partial charge in [0, 0.05) is 26.7 Å². The third-order valence-corrected chi connectivity index (χ3v) is 7.33. The van der Waals surface area contributed by atoms with Gasteiger partial charge in [-0.2, -0.15) is 0 Å². The Balaban J connectivity index is 1.98. The molecule has 2 aromatic carbocycles. The maximum absolute atomic E-state index is 13.9. The van der Waals surface area contributed by atoms with Gasteiger partial charge in [-0.25, -0.2) is 4.98 Å². The fourth-order valence-electron chi connectivity index (χ4n) is 5.23. The van der Waals surface area contributed by atoms with E-state index in [-0.39, 0.29) is 17.5 Å². The van der Waals surface area contributed by atoms with E-state index in [0.29, 0.717) is 55.0 Å². The van der Waals surface area contributed by atoms with E-state index in [9.17, 15) is 9.59 Å². The minimum atomic E-state index is -0.349. The van der Waals surface area contributed by atoms with Crippen molar-refractivity contribution in [3.8, 4) is 11.4 Å². The molecule has 0 N–H and O–H groups in total. The van der Waals surface area contributed by atoms with E-state index in [1.54, 1.807) is 11.7 Å². The Morgan fingerprint density at radius 3 is 2.30 bits per heavy atom. The molecule has 0 fully saturated rings. The Bertz CT molecular complexity index is 1240. The third-order valence-electron chi connectivity index (χ3n) is 7.33. The molecule has 1 atom stereocenters. The molecule has 0 bridgehead atoms. The molecule has 7 heteroatoms. The molecule has 40 heavy (non-hydrogen) atoms. The molecule has 1 heterocycles. The summed E-state index contributed by atoms with van der Waals surface area (Å²) in [6.07, 6.45) is 9.96. The Kier molecular flexibility index (Phi) is 13.2. The first-order valence-corrected chi connectivity index (χ1v) is 15.1. The van der Waals surface area contributed by atoms with Crippen molar-refractivity contribution < 1.29 is 14.3 Å². The highest BCUT2D eigenvalue weighted by atomic mass is 16.5. The number of amides is 1. The zero-order valence-corrected chi connectivity index (χ0v) is 24.9. The third kappa shape index (κ3) is 8.40. The number of para-hydroxylation sites is 1. The van der Waals surface area contributed by atoms with Crippen molar-refractivity contribution in [2.45, 2.75) is 91.0 Å². The number of hydrogen-bond donors (Lipinski definition) is 0. The maximum atomic E-state index is 13.9. The van der Waals surface area contributed by atoms with Crippen LogP contribution in [0.5, 0.6) is 5.75 Å². The van der Waals surface area contributed by atoms with Crippen LogP contribution in [0.15, 0.2) is 53.3 Å². The van der Waals surface area contributed by atoms with Crippen molar-refractivity contribution in [1.82, 2.24) is 14.5 Å². The molecule has 3 aromatic rings. The molecule has 1 aromatic heterocycles. The van der Waals surface area contributed by atoms with Crippen molar-refractivity contribution in [3.05, 3.63) is 64.7 Å². The number of ether oxygens (including phenoxy) is 2. The highest BCUT2D eigenvalue weighted by Crippen LogP contribution is 2.28. The van der Waals surface area contributed by atoms with Crippen molar-refractivity contribution >= 4 is 16.8 Å². The number of hydrogen-bond acceptors (Lipinski definition) is 5.